The van der Waals surface area contributed by atoms with Crippen LogP contribution >= 0.6 is 0 Å². The molecule has 0 spiro atoms. The van der Waals surface area contributed by atoms with Crippen LogP contribution in [0.15, 0.2) is 42.0 Å². The van der Waals surface area contributed by atoms with E-state index in [1.165, 1.54) is 24.8 Å². The highest BCUT2D eigenvalue weighted by atomic mass is 16.2. The SMILES string of the molecule is N[C@H](C(=O)NCCC1=CCCC1)c1ccccc1. The minimum atomic E-state index is -0.566. The summed E-state index contributed by atoms with van der Waals surface area (Å²) in [7, 11) is 0. The van der Waals surface area contributed by atoms with Gasteiger partial charge in [0.2, 0.25) is 5.91 Å². The van der Waals surface area contributed by atoms with Crippen LogP contribution in [0.4, 0.5) is 0 Å². The van der Waals surface area contributed by atoms with Crippen molar-refractivity contribution in [1.29, 1.82) is 0 Å². The monoisotopic (exact) mass is 244 g/mol. The Morgan fingerprint density at radius 2 is 2.11 bits per heavy atom. The lowest BCUT2D eigenvalue weighted by Crippen LogP contribution is -2.34. The van der Waals surface area contributed by atoms with Gasteiger partial charge in [0.25, 0.3) is 0 Å². The topological polar surface area (TPSA) is 55.1 Å². The number of hydrogen-bond acceptors (Lipinski definition) is 2. The molecule has 0 heterocycles. The molecule has 18 heavy (non-hydrogen) atoms. The zero-order chi connectivity index (χ0) is 12.8. The van der Waals surface area contributed by atoms with Crippen molar-refractivity contribution in [2.75, 3.05) is 6.54 Å². The van der Waals surface area contributed by atoms with Crippen LogP contribution in [0, 0.1) is 0 Å². The zero-order valence-corrected chi connectivity index (χ0v) is 10.6. The Kier molecular flexibility index (Phi) is 4.53. The lowest BCUT2D eigenvalue weighted by molar-refractivity contribution is -0.122. The molecule has 0 saturated heterocycles. The van der Waals surface area contributed by atoms with Crippen molar-refractivity contribution < 1.29 is 4.79 Å². The summed E-state index contributed by atoms with van der Waals surface area (Å²) in [4.78, 5) is 11.9. The molecule has 1 aromatic rings. The first kappa shape index (κ1) is 12.8. The maximum absolute atomic E-state index is 11.9. The molecule has 3 N–H and O–H groups in total. The number of benzene rings is 1. The lowest BCUT2D eigenvalue weighted by atomic mass is 10.1. The summed E-state index contributed by atoms with van der Waals surface area (Å²) >= 11 is 0. The molecule has 0 aliphatic heterocycles. The Balaban J connectivity index is 1.77. The maximum atomic E-state index is 11.9. The van der Waals surface area contributed by atoms with Crippen molar-refractivity contribution in [1.82, 2.24) is 5.32 Å². The fourth-order valence-electron chi connectivity index (χ4n) is 2.23. The van der Waals surface area contributed by atoms with Crippen LogP contribution < -0.4 is 11.1 Å². The predicted octanol–water partition coefficient (Wildman–Crippen LogP) is 2.30. The maximum Gasteiger partial charge on any atom is 0.241 e. The van der Waals surface area contributed by atoms with Gasteiger partial charge in [0.15, 0.2) is 0 Å². The summed E-state index contributed by atoms with van der Waals surface area (Å²) in [6, 6.07) is 8.90. The number of carbonyl (C=O) groups is 1. The smallest absolute Gasteiger partial charge is 0.241 e. The first-order chi connectivity index (χ1) is 8.77. The highest BCUT2D eigenvalue weighted by Crippen LogP contribution is 2.19. The summed E-state index contributed by atoms with van der Waals surface area (Å²) in [6.45, 7) is 0.686. The highest BCUT2D eigenvalue weighted by molar-refractivity contribution is 5.82. The third-order valence-electron chi connectivity index (χ3n) is 3.32. The first-order valence-corrected chi connectivity index (χ1v) is 6.53. The molecule has 1 aromatic carbocycles. The largest absolute Gasteiger partial charge is 0.354 e. The molecular formula is C15H20N2O. The molecule has 0 fully saturated rings. The molecule has 3 heteroatoms. The van der Waals surface area contributed by atoms with Crippen molar-refractivity contribution in [3.8, 4) is 0 Å². The van der Waals surface area contributed by atoms with Gasteiger partial charge in [-0.2, -0.15) is 0 Å². The molecule has 1 atom stereocenters. The molecule has 0 aromatic heterocycles. The van der Waals surface area contributed by atoms with E-state index in [0.29, 0.717) is 6.54 Å². The van der Waals surface area contributed by atoms with Gasteiger partial charge in [-0.3, -0.25) is 4.79 Å². The number of nitrogens with one attached hydrogen (secondary N) is 1. The van der Waals surface area contributed by atoms with Gasteiger partial charge in [0.05, 0.1) is 0 Å². The minimum absolute atomic E-state index is 0.0974. The first-order valence-electron chi connectivity index (χ1n) is 6.53. The van der Waals surface area contributed by atoms with E-state index in [-0.39, 0.29) is 5.91 Å². The molecule has 0 radical (unpaired) electrons. The number of hydrogen-bond donors (Lipinski definition) is 2. The quantitative estimate of drug-likeness (QED) is 0.781. The van der Waals surface area contributed by atoms with E-state index in [1.807, 2.05) is 30.3 Å². The van der Waals surface area contributed by atoms with Gasteiger partial charge < -0.3 is 11.1 Å². The van der Waals surface area contributed by atoms with Crippen molar-refractivity contribution in [2.24, 2.45) is 5.73 Å². The summed E-state index contributed by atoms with van der Waals surface area (Å²) in [5, 5.41) is 2.90. The minimum Gasteiger partial charge on any atom is -0.354 e. The van der Waals surface area contributed by atoms with Gasteiger partial charge in [-0.05, 0) is 31.2 Å². The van der Waals surface area contributed by atoms with Crippen molar-refractivity contribution in [3.63, 3.8) is 0 Å². The molecule has 0 saturated carbocycles. The van der Waals surface area contributed by atoms with Crippen LogP contribution in [0.3, 0.4) is 0 Å². The molecule has 96 valence electrons. The molecule has 0 bridgehead atoms. The van der Waals surface area contributed by atoms with Crippen LogP contribution in [0.2, 0.25) is 0 Å². The van der Waals surface area contributed by atoms with Gasteiger partial charge in [-0.15, -0.1) is 0 Å². The van der Waals surface area contributed by atoms with E-state index in [9.17, 15) is 4.79 Å². The third kappa shape index (κ3) is 3.44. The van der Waals surface area contributed by atoms with Crippen molar-refractivity contribution in [3.05, 3.63) is 47.5 Å². The average molecular weight is 244 g/mol. The molecule has 3 nitrogen and oxygen atoms in total. The molecular weight excluding hydrogens is 224 g/mol. The van der Waals surface area contributed by atoms with E-state index in [2.05, 4.69) is 11.4 Å². The van der Waals surface area contributed by atoms with E-state index in [4.69, 9.17) is 5.73 Å². The van der Waals surface area contributed by atoms with E-state index < -0.39 is 6.04 Å². The number of nitrogens with two attached hydrogens (primary N) is 1. The van der Waals surface area contributed by atoms with Crippen LogP contribution in [0.1, 0.15) is 37.3 Å². The standard InChI is InChI=1S/C15H20N2O/c16-14(13-8-2-1-3-9-13)15(18)17-11-10-12-6-4-5-7-12/h1-3,6,8-9,14H,4-5,7,10-11,16H2,(H,17,18)/t14-/m0/s1. The zero-order valence-electron chi connectivity index (χ0n) is 10.6. The van der Waals surface area contributed by atoms with Gasteiger partial charge in [-0.1, -0.05) is 42.0 Å². The van der Waals surface area contributed by atoms with E-state index in [0.717, 1.165) is 12.0 Å². The molecule has 1 aliphatic carbocycles. The highest BCUT2D eigenvalue weighted by Gasteiger charge is 2.14. The second kappa shape index (κ2) is 6.36. The second-order valence-electron chi connectivity index (χ2n) is 4.68. The average Bonchev–Trinajstić information content (AvgIpc) is 2.92. The predicted molar refractivity (Wildman–Crippen MR) is 72.9 cm³/mol. The Hall–Kier alpha value is -1.61. The Bertz CT molecular complexity index is 425. The number of amides is 1. The fraction of sp³-hybridized carbons (Fsp3) is 0.400. The Morgan fingerprint density at radius 3 is 2.78 bits per heavy atom. The summed E-state index contributed by atoms with van der Waals surface area (Å²) in [6.07, 6.45) is 6.86. The van der Waals surface area contributed by atoms with Crippen LogP contribution in [-0.4, -0.2) is 12.5 Å². The van der Waals surface area contributed by atoms with Gasteiger partial charge in [0, 0.05) is 6.54 Å². The molecule has 1 amide bonds. The van der Waals surface area contributed by atoms with Gasteiger partial charge in [0.1, 0.15) is 6.04 Å². The van der Waals surface area contributed by atoms with Crippen molar-refractivity contribution in [2.45, 2.75) is 31.7 Å². The number of allylic oxidation sites excluding steroid dienone is 1. The molecule has 2 rings (SSSR count). The van der Waals surface area contributed by atoms with Crippen molar-refractivity contribution >= 4 is 5.91 Å². The summed E-state index contributed by atoms with van der Waals surface area (Å²) < 4.78 is 0. The lowest BCUT2D eigenvalue weighted by Gasteiger charge is -2.12. The number of rotatable bonds is 5. The number of carbonyl (C=O) groups excluding carboxylic acids is 1. The molecule has 0 unspecified atom stereocenters. The summed E-state index contributed by atoms with van der Waals surface area (Å²) in [5.74, 6) is -0.0974. The van der Waals surface area contributed by atoms with Gasteiger partial charge >= 0.3 is 0 Å². The normalized spacial score (nSPS) is 16.2. The Morgan fingerprint density at radius 1 is 1.33 bits per heavy atom. The fourth-order valence-corrected chi connectivity index (χ4v) is 2.23. The Labute approximate surface area is 108 Å². The third-order valence-corrected chi connectivity index (χ3v) is 3.32. The van der Waals surface area contributed by atoms with Crippen LogP contribution in [0.5, 0.6) is 0 Å². The van der Waals surface area contributed by atoms with E-state index in [1.54, 1.807) is 0 Å². The van der Waals surface area contributed by atoms with Crippen LogP contribution in [-0.2, 0) is 4.79 Å². The molecule has 1 aliphatic rings. The summed E-state index contributed by atoms with van der Waals surface area (Å²) in [5.41, 5.74) is 8.22. The van der Waals surface area contributed by atoms with E-state index >= 15 is 0 Å². The second-order valence-corrected chi connectivity index (χ2v) is 4.68. The van der Waals surface area contributed by atoms with Gasteiger partial charge in [-0.25, -0.2) is 0 Å². The van der Waals surface area contributed by atoms with Crippen LogP contribution in [0.25, 0.3) is 0 Å².